The number of hydrogen-bond donors (Lipinski definition) is 3. The highest BCUT2D eigenvalue weighted by molar-refractivity contribution is 5.94. The van der Waals surface area contributed by atoms with E-state index in [9.17, 15) is 24.9 Å². The standard InChI is InChI=1S/C30H30N2O7/c1-31-11-13-32(14-12-31)24(34)16-21(19-9-6-10-20(15-19)38-2)25-27(35)29(37)28(36)26-22(33)17-23(39-30(25)26)18-7-4-3-5-8-18/h3-10,15,17,21,35-37H,11-14,16H2,1-2H3/t21-/m1/s1. The van der Waals surface area contributed by atoms with E-state index in [1.165, 1.54) is 13.2 Å². The van der Waals surface area contributed by atoms with Crippen LogP contribution in [0, 0.1) is 0 Å². The quantitative estimate of drug-likeness (QED) is 0.321. The van der Waals surface area contributed by atoms with Gasteiger partial charge in [-0.25, -0.2) is 0 Å². The van der Waals surface area contributed by atoms with Crippen LogP contribution in [0.2, 0.25) is 0 Å². The number of hydrogen-bond acceptors (Lipinski definition) is 8. The third-order valence-corrected chi connectivity index (χ3v) is 7.27. The molecule has 0 radical (unpaired) electrons. The van der Waals surface area contributed by atoms with Crippen molar-refractivity contribution in [2.45, 2.75) is 12.3 Å². The third-order valence-electron chi connectivity index (χ3n) is 7.27. The Morgan fingerprint density at radius 2 is 1.67 bits per heavy atom. The molecule has 202 valence electrons. The van der Waals surface area contributed by atoms with Gasteiger partial charge < -0.3 is 34.3 Å². The summed E-state index contributed by atoms with van der Waals surface area (Å²) in [7, 11) is 3.52. The number of likely N-dealkylation sites (N-methyl/N-ethyl adjacent to an activating group) is 1. The van der Waals surface area contributed by atoms with Crippen LogP contribution in [0.15, 0.2) is 69.9 Å². The summed E-state index contributed by atoms with van der Waals surface area (Å²) in [4.78, 5) is 30.7. The molecule has 1 aliphatic rings. The summed E-state index contributed by atoms with van der Waals surface area (Å²) in [5.74, 6) is -2.54. The largest absolute Gasteiger partial charge is 0.504 e. The number of carbonyl (C=O) groups excluding carboxylic acids is 1. The van der Waals surface area contributed by atoms with Crippen LogP contribution in [0.25, 0.3) is 22.3 Å². The first-order chi connectivity index (χ1) is 18.8. The molecule has 4 aromatic rings. The Bertz CT molecular complexity index is 1570. The van der Waals surface area contributed by atoms with Crippen LogP contribution in [-0.4, -0.2) is 71.4 Å². The summed E-state index contributed by atoms with van der Waals surface area (Å²) in [6, 6.07) is 17.2. The van der Waals surface area contributed by atoms with Crippen LogP contribution in [0.3, 0.4) is 0 Å². The SMILES string of the molecule is COc1cccc([C@@H](CC(=O)N2CCN(C)CC2)c2c(O)c(O)c(O)c3c(=O)cc(-c4ccccc4)oc23)c1. The number of aromatic hydroxyl groups is 3. The maximum absolute atomic E-state index is 13.6. The molecule has 9 nitrogen and oxygen atoms in total. The van der Waals surface area contributed by atoms with Crippen LogP contribution >= 0.6 is 0 Å². The van der Waals surface area contributed by atoms with Crippen molar-refractivity contribution in [2.75, 3.05) is 40.3 Å². The molecule has 0 saturated carbocycles. The summed E-state index contributed by atoms with van der Waals surface area (Å²) in [5.41, 5.74) is 0.547. The van der Waals surface area contributed by atoms with Gasteiger partial charge in [-0.15, -0.1) is 0 Å². The Hall–Kier alpha value is -4.50. The van der Waals surface area contributed by atoms with Gasteiger partial charge in [-0.2, -0.15) is 0 Å². The highest BCUT2D eigenvalue weighted by Gasteiger charge is 2.32. The fourth-order valence-electron chi connectivity index (χ4n) is 5.05. The van der Waals surface area contributed by atoms with Crippen LogP contribution in [0.5, 0.6) is 23.0 Å². The molecule has 0 unspecified atom stereocenters. The zero-order valence-electron chi connectivity index (χ0n) is 21.8. The number of phenolic OH excluding ortho intramolecular Hbond substituents is 3. The van der Waals surface area contributed by atoms with E-state index < -0.39 is 28.6 Å². The highest BCUT2D eigenvalue weighted by Crippen LogP contribution is 2.49. The number of ether oxygens (including phenoxy) is 1. The first kappa shape index (κ1) is 26.1. The monoisotopic (exact) mass is 530 g/mol. The first-order valence-corrected chi connectivity index (χ1v) is 12.7. The number of methoxy groups -OCH3 is 1. The van der Waals surface area contributed by atoms with E-state index in [4.69, 9.17) is 9.15 Å². The average Bonchev–Trinajstić information content (AvgIpc) is 2.96. The van der Waals surface area contributed by atoms with Gasteiger partial charge in [0.25, 0.3) is 0 Å². The molecule has 0 spiro atoms. The maximum atomic E-state index is 13.6. The van der Waals surface area contributed by atoms with E-state index >= 15 is 0 Å². The molecule has 9 heteroatoms. The minimum absolute atomic E-state index is 0.0333. The number of nitrogens with zero attached hydrogens (tertiary/aromatic N) is 2. The van der Waals surface area contributed by atoms with Gasteiger partial charge in [0.15, 0.2) is 16.9 Å². The summed E-state index contributed by atoms with van der Waals surface area (Å²) in [6.45, 7) is 2.58. The molecule has 0 aliphatic carbocycles. The summed E-state index contributed by atoms with van der Waals surface area (Å²) in [5, 5.41) is 32.3. The van der Waals surface area contributed by atoms with Crippen molar-refractivity contribution < 1.29 is 29.3 Å². The van der Waals surface area contributed by atoms with Crippen LogP contribution in [-0.2, 0) is 4.79 Å². The fourth-order valence-corrected chi connectivity index (χ4v) is 5.05. The van der Waals surface area contributed by atoms with Crippen molar-refractivity contribution >= 4 is 16.9 Å². The fraction of sp³-hybridized carbons (Fsp3) is 0.267. The molecule has 3 N–H and O–H groups in total. The Morgan fingerprint density at radius 3 is 2.36 bits per heavy atom. The number of benzene rings is 3. The number of rotatable bonds is 6. The molecule has 2 heterocycles. The smallest absolute Gasteiger partial charge is 0.223 e. The molecular weight excluding hydrogens is 500 g/mol. The lowest BCUT2D eigenvalue weighted by Gasteiger charge is -2.33. The second kappa shape index (κ2) is 10.7. The lowest BCUT2D eigenvalue weighted by molar-refractivity contribution is -0.133. The normalized spacial score (nSPS) is 14.9. The molecule has 1 fully saturated rings. The number of amides is 1. The van der Waals surface area contributed by atoms with E-state index in [1.807, 2.05) is 13.1 Å². The Kier molecular flexibility index (Phi) is 7.17. The van der Waals surface area contributed by atoms with Gasteiger partial charge in [-0.1, -0.05) is 42.5 Å². The first-order valence-electron chi connectivity index (χ1n) is 12.7. The number of fused-ring (bicyclic) bond motifs is 1. The second-order valence-corrected chi connectivity index (χ2v) is 9.72. The molecule has 1 atom stereocenters. The number of phenols is 3. The number of piperazine rings is 1. The van der Waals surface area contributed by atoms with Gasteiger partial charge in [-0.3, -0.25) is 9.59 Å². The van der Waals surface area contributed by atoms with E-state index in [-0.39, 0.29) is 34.6 Å². The molecular formula is C30H30N2O7. The van der Waals surface area contributed by atoms with E-state index in [2.05, 4.69) is 4.90 Å². The van der Waals surface area contributed by atoms with Gasteiger partial charge in [0, 0.05) is 55.7 Å². The molecule has 1 saturated heterocycles. The summed E-state index contributed by atoms with van der Waals surface area (Å²) in [6.07, 6.45) is -0.0803. The van der Waals surface area contributed by atoms with Gasteiger partial charge in [-0.05, 0) is 24.7 Å². The zero-order valence-corrected chi connectivity index (χ0v) is 21.8. The third kappa shape index (κ3) is 5.00. The summed E-state index contributed by atoms with van der Waals surface area (Å²) >= 11 is 0. The minimum atomic E-state index is -0.850. The molecule has 3 aromatic carbocycles. The van der Waals surface area contributed by atoms with Crippen LogP contribution < -0.4 is 10.2 Å². The van der Waals surface area contributed by atoms with Crippen LogP contribution in [0.1, 0.15) is 23.5 Å². The second-order valence-electron chi connectivity index (χ2n) is 9.72. The topological polar surface area (TPSA) is 124 Å². The number of carbonyl (C=O) groups is 1. The van der Waals surface area contributed by atoms with Gasteiger partial charge in [0.1, 0.15) is 22.5 Å². The van der Waals surface area contributed by atoms with Crippen molar-refractivity contribution in [3.8, 4) is 34.3 Å². The average molecular weight is 531 g/mol. The predicted molar refractivity (Wildman–Crippen MR) is 146 cm³/mol. The molecule has 1 amide bonds. The molecule has 1 aliphatic heterocycles. The predicted octanol–water partition coefficient (Wildman–Crippen LogP) is 3.88. The minimum Gasteiger partial charge on any atom is -0.504 e. The van der Waals surface area contributed by atoms with E-state index in [1.54, 1.807) is 53.4 Å². The van der Waals surface area contributed by atoms with Gasteiger partial charge in [0.05, 0.1) is 7.11 Å². The van der Waals surface area contributed by atoms with Crippen molar-refractivity contribution in [2.24, 2.45) is 0 Å². The van der Waals surface area contributed by atoms with E-state index in [0.29, 0.717) is 30.0 Å². The Labute approximate surface area is 225 Å². The highest BCUT2D eigenvalue weighted by atomic mass is 16.5. The van der Waals surface area contributed by atoms with Crippen molar-refractivity contribution in [1.82, 2.24) is 9.80 Å². The lowest BCUT2D eigenvalue weighted by atomic mass is 9.85. The zero-order chi connectivity index (χ0) is 27.7. The molecule has 1 aromatic heterocycles. The van der Waals surface area contributed by atoms with Crippen molar-refractivity contribution in [3.63, 3.8) is 0 Å². The molecule has 0 bridgehead atoms. The van der Waals surface area contributed by atoms with Crippen molar-refractivity contribution in [3.05, 3.63) is 82.0 Å². The lowest BCUT2D eigenvalue weighted by Crippen LogP contribution is -2.47. The maximum Gasteiger partial charge on any atom is 0.223 e. The Balaban J connectivity index is 1.74. The van der Waals surface area contributed by atoms with Crippen LogP contribution in [0.4, 0.5) is 0 Å². The van der Waals surface area contributed by atoms with Gasteiger partial charge in [0.2, 0.25) is 11.7 Å². The summed E-state index contributed by atoms with van der Waals surface area (Å²) < 4.78 is 11.6. The Morgan fingerprint density at radius 1 is 0.949 bits per heavy atom. The molecule has 39 heavy (non-hydrogen) atoms. The molecule has 5 rings (SSSR count). The van der Waals surface area contributed by atoms with Gasteiger partial charge >= 0.3 is 0 Å². The van der Waals surface area contributed by atoms with Crippen molar-refractivity contribution in [1.29, 1.82) is 0 Å². The van der Waals surface area contributed by atoms with E-state index in [0.717, 1.165) is 13.1 Å².